The molecule has 2 saturated carbocycles. The van der Waals surface area contributed by atoms with E-state index in [1.165, 1.54) is 77.0 Å². The van der Waals surface area contributed by atoms with Gasteiger partial charge in [0.1, 0.15) is 0 Å². The van der Waals surface area contributed by atoms with E-state index in [0.717, 1.165) is 23.7 Å². The summed E-state index contributed by atoms with van der Waals surface area (Å²) >= 11 is 0. The molecule has 0 aliphatic heterocycles. The Morgan fingerprint density at radius 2 is 1.30 bits per heavy atom. The van der Waals surface area contributed by atoms with Gasteiger partial charge in [0.15, 0.2) is 0 Å². The summed E-state index contributed by atoms with van der Waals surface area (Å²) in [5.74, 6) is 4.33. The van der Waals surface area contributed by atoms with Crippen LogP contribution in [-0.4, -0.2) is 0 Å². The largest absolute Gasteiger partial charge is 0.0654 e. The quantitative estimate of drug-likeness (QED) is 0.283. The minimum atomic E-state index is 1.01. The van der Waals surface area contributed by atoms with Gasteiger partial charge in [-0.05, 0) is 36.5 Å². The second-order valence-corrected chi connectivity index (χ2v) is 9.09. The molecule has 0 radical (unpaired) electrons. The molecule has 0 aromatic heterocycles. The van der Waals surface area contributed by atoms with Crippen molar-refractivity contribution in [1.29, 1.82) is 0 Å². The molecular weight excluding hydrogens is 276 g/mol. The molecule has 2 rings (SSSR count). The molecule has 23 heavy (non-hydrogen) atoms. The van der Waals surface area contributed by atoms with Crippen LogP contribution in [0.15, 0.2) is 0 Å². The van der Waals surface area contributed by atoms with Crippen molar-refractivity contribution in [2.45, 2.75) is 123 Å². The minimum Gasteiger partial charge on any atom is -0.0654 e. The summed E-state index contributed by atoms with van der Waals surface area (Å²) < 4.78 is 0. The average molecular weight is 321 g/mol. The molecular formula is C23H44. The first-order valence-electron chi connectivity index (χ1n) is 11.3. The molecule has 0 spiro atoms. The summed E-state index contributed by atoms with van der Waals surface area (Å²) in [4.78, 5) is 0. The molecule has 136 valence electrons. The Kier molecular flexibility index (Phi) is 9.69. The van der Waals surface area contributed by atoms with Crippen LogP contribution in [0.2, 0.25) is 0 Å². The van der Waals surface area contributed by atoms with E-state index in [0.29, 0.717) is 0 Å². The summed E-state index contributed by atoms with van der Waals surface area (Å²) in [6, 6.07) is 0. The van der Waals surface area contributed by atoms with Crippen molar-refractivity contribution in [2.24, 2.45) is 23.7 Å². The summed E-state index contributed by atoms with van der Waals surface area (Å²) in [7, 11) is 0. The molecule has 0 heterocycles. The number of unbranched alkanes of at least 4 members (excludes halogenated alkanes) is 8. The first kappa shape index (κ1) is 19.3. The van der Waals surface area contributed by atoms with Gasteiger partial charge in [0.25, 0.3) is 0 Å². The van der Waals surface area contributed by atoms with Crippen LogP contribution in [0.1, 0.15) is 123 Å². The van der Waals surface area contributed by atoms with Gasteiger partial charge in [0.2, 0.25) is 0 Å². The zero-order valence-corrected chi connectivity index (χ0v) is 16.3. The number of hydrogen-bond donors (Lipinski definition) is 0. The molecule has 3 unspecified atom stereocenters. The van der Waals surface area contributed by atoms with Crippen molar-refractivity contribution in [3.63, 3.8) is 0 Å². The van der Waals surface area contributed by atoms with Crippen LogP contribution in [0.4, 0.5) is 0 Å². The summed E-state index contributed by atoms with van der Waals surface area (Å²) in [6.45, 7) is 4.84. The SMILES string of the molecule is CCCCCCCCCCCC1CCCC1CC(C)CC1CC1. The van der Waals surface area contributed by atoms with E-state index in [-0.39, 0.29) is 0 Å². The predicted octanol–water partition coefficient (Wildman–Crippen LogP) is 8.15. The highest BCUT2D eigenvalue weighted by atomic mass is 14.4. The Morgan fingerprint density at radius 1 is 0.696 bits per heavy atom. The molecule has 3 atom stereocenters. The zero-order chi connectivity index (χ0) is 16.3. The van der Waals surface area contributed by atoms with Crippen molar-refractivity contribution < 1.29 is 0 Å². The third kappa shape index (κ3) is 8.59. The van der Waals surface area contributed by atoms with Gasteiger partial charge < -0.3 is 0 Å². The van der Waals surface area contributed by atoms with E-state index in [1.54, 1.807) is 32.1 Å². The van der Waals surface area contributed by atoms with E-state index in [1.807, 2.05) is 0 Å². The monoisotopic (exact) mass is 320 g/mol. The van der Waals surface area contributed by atoms with Gasteiger partial charge in [-0.25, -0.2) is 0 Å². The first-order chi connectivity index (χ1) is 11.3. The van der Waals surface area contributed by atoms with Gasteiger partial charge in [0, 0.05) is 0 Å². The Morgan fingerprint density at radius 3 is 1.96 bits per heavy atom. The average Bonchev–Trinajstić information content (AvgIpc) is 3.24. The van der Waals surface area contributed by atoms with Crippen molar-refractivity contribution in [3.8, 4) is 0 Å². The van der Waals surface area contributed by atoms with E-state index < -0.39 is 0 Å². The maximum Gasteiger partial charge on any atom is -0.0383 e. The van der Waals surface area contributed by atoms with Crippen LogP contribution in [0.3, 0.4) is 0 Å². The number of rotatable bonds is 14. The standard InChI is InChI=1S/C23H44/c1-3-4-5-6-7-8-9-10-11-13-22-14-12-15-23(22)19-20(2)18-21-16-17-21/h20-23H,3-19H2,1-2H3. The molecule has 0 bridgehead atoms. The third-order valence-electron chi connectivity index (χ3n) is 6.63. The molecule has 2 aliphatic rings. The Hall–Kier alpha value is 0. The number of hydrogen-bond acceptors (Lipinski definition) is 0. The van der Waals surface area contributed by atoms with Crippen LogP contribution in [0.25, 0.3) is 0 Å². The minimum absolute atomic E-state index is 1.01. The Labute approximate surface area is 147 Å². The molecule has 0 saturated heterocycles. The van der Waals surface area contributed by atoms with Crippen LogP contribution < -0.4 is 0 Å². The van der Waals surface area contributed by atoms with E-state index in [2.05, 4.69) is 13.8 Å². The van der Waals surface area contributed by atoms with Gasteiger partial charge in [-0.15, -0.1) is 0 Å². The van der Waals surface area contributed by atoms with Crippen molar-refractivity contribution >= 4 is 0 Å². The maximum atomic E-state index is 2.53. The molecule has 2 aliphatic carbocycles. The van der Waals surface area contributed by atoms with Crippen molar-refractivity contribution in [3.05, 3.63) is 0 Å². The summed E-state index contributed by atoms with van der Waals surface area (Å²) in [6.07, 6.45) is 25.7. The van der Waals surface area contributed by atoms with E-state index >= 15 is 0 Å². The van der Waals surface area contributed by atoms with Crippen molar-refractivity contribution in [2.75, 3.05) is 0 Å². The lowest BCUT2D eigenvalue weighted by Gasteiger charge is -2.23. The summed E-state index contributed by atoms with van der Waals surface area (Å²) in [5.41, 5.74) is 0. The van der Waals surface area contributed by atoms with Crippen LogP contribution in [-0.2, 0) is 0 Å². The van der Waals surface area contributed by atoms with Gasteiger partial charge in [-0.3, -0.25) is 0 Å². The summed E-state index contributed by atoms with van der Waals surface area (Å²) in [5, 5.41) is 0. The molecule has 0 aromatic rings. The molecule has 0 amide bonds. The molecule has 0 N–H and O–H groups in total. The smallest absolute Gasteiger partial charge is 0.0383 e. The molecule has 0 heteroatoms. The fraction of sp³-hybridized carbons (Fsp3) is 1.00. The highest BCUT2D eigenvalue weighted by Gasteiger charge is 2.30. The zero-order valence-electron chi connectivity index (χ0n) is 16.3. The highest BCUT2D eigenvalue weighted by Crippen LogP contribution is 2.42. The fourth-order valence-corrected chi connectivity index (χ4v) is 5.06. The van der Waals surface area contributed by atoms with Crippen LogP contribution >= 0.6 is 0 Å². The van der Waals surface area contributed by atoms with E-state index in [4.69, 9.17) is 0 Å². The van der Waals surface area contributed by atoms with Crippen LogP contribution in [0, 0.1) is 23.7 Å². The van der Waals surface area contributed by atoms with Gasteiger partial charge >= 0.3 is 0 Å². The fourth-order valence-electron chi connectivity index (χ4n) is 5.06. The molecule has 0 aromatic carbocycles. The maximum absolute atomic E-state index is 2.53. The van der Waals surface area contributed by atoms with Gasteiger partial charge in [-0.2, -0.15) is 0 Å². The lowest BCUT2D eigenvalue weighted by atomic mass is 9.83. The van der Waals surface area contributed by atoms with Gasteiger partial charge in [0.05, 0.1) is 0 Å². The Balaban J connectivity index is 1.45. The first-order valence-corrected chi connectivity index (χ1v) is 11.3. The second kappa shape index (κ2) is 11.5. The molecule has 2 fully saturated rings. The normalized spacial score (nSPS) is 25.8. The molecule has 0 nitrogen and oxygen atoms in total. The van der Waals surface area contributed by atoms with Gasteiger partial charge in [-0.1, -0.05) is 110 Å². The second-order valence-electron chi connectivity index (χ2n) is 9.09. The van der Waals surface area contributed by atoms with E-state index in [9.17, 15) is 0 Å². The lowest BCUT2D eigenvalue weighted by molar-refractivity contribution is 0.280. The Bertz CT molecular complexity index is 278. The van der Waals surface area contributed by atoms with Crippen LogP contribution in [0.5, 0.6) is 0 Å². The lowest BCUT2D eigenvalue weighted by Crippen LogP contribution is -2.12. The highest BCUT2D eigenvalue weighted by molar-refractivity contribution is 4.81. The predicted molar refractivity (Wildman–Crippen MR) is 104 cm³/mol. The topological polar surface area (TPSA) is 0 Å². The third-order valence-corrected chi connectivity index (χ3v) is 6.63. The van der Waals surface area contributed by atoms with Crippen molar-refractivity contribution in [1.82, 2.24) is 0 Å².